The minimum absolute atomic E-state index is 0.624. The third kappa shape index (κ3) is 2.06. The third-order valence-corrected chi connectivity index (χ3v) is 4.72. The molecule has 1 aliphatic rings. The molecule has 0 spiro atoms. The van der Waals surface area contributed by atoms with Gasteiger partial charge in [-0.1, -0.05) is 0 Å². The van der Waals surface area contributed by atoms with Gasteiger partial charge in [-0.15, -0.1) is 11.3 Å². The topological polar surface area (TPSA) is 32.6 Å². The Balaban J connectivity index is 1.77. The first-order valence-electron chi connectivity index (χ1n) is 6.49. The van der Waals surface area contributed by atoms with Gasteiger partial charge in [0.2, 0.25) is 0 Å². The fraction of sp³-hybridized carbons (Fsp3) is 0.615. The first-order valence-corrected chi connectivity index (χ1v) is 7.37. The number of hydrogen-bond donors (Lipinski definition) is 1. The summed E-state index contributed by atoms with van der Waals surface area (Å²) in [5.41, 5.74) is 3.76. The zero-order valence-electron chi connectivity index (χ0n) is 11.2. The van der Waals surface area contributed by atoms with Gasteiger partial charge in [0, 0.05) is 30.2 Å². The van der Waals surface area contributed by atoms with Gasteiger partial charge in [0.15, 0.2) is 4.96 Å². The van der Waals surface area contributed by atoms with Crippen molar-refractivity contribution >= 4 is 16.3 Å². The number of likely N-dealkylation sites (tertiary alicyclic amines) is 1. The lowest BCUT2D eigenvalue weighted by atomic mass is 10.2. The lowest BCUT2D eigenvalue weighted by Gasteiger charge is -2.13. The van der Waals surface area contributed by atoms with E-state index in [2.05, 4.69) is 45.9 Å². The van der Waals surface area contributed by atoms with Crippen LogP contribution in [0.5, 0.6) is 0 Å². The number of fused-ring (bicyclic) bond motifs is 1. The molecule has 0 saturated carbocycles. The van der Waals surface area contributed by atoms with Gasteiger partial charge in [-0.2, -0.15) is 0 Å². The molecule has 2 aromatic heterocycles. The van der Waals surface area contributed by atoms with Gasteiger partial charge in [0.1, 0.15) is 0 Å². The van der Waals surface area contributed by atoms with E-state index < -0.39 is 0 Å². The molecule has 3 rings (SSSR count). The van der Waals surface area contributed by atoms with E-state index in [0.717, 1.165) is 23.7 Å². The van der Waals surface area contributed by atoms with Gasteiger partial charge in [-0.05, 0) is 33.9 Å². The Hall–Kier alpha value is -0.910. The molecule has 0 bridgehead atoms. The largest absolute Gasteiger partial charge is 0.307 e. The first-order chi connectivity index (χ1) is 8.65. The Labute approximate surface area is 112 Å². The van der Waals surface area contributed by atoms with Crippen LogP contribution >= 0.6 is 11.3 Å². The molecule has 4 nitrogen and oxygen atoms in total. The van der Waals surface area contributed by atoms with Crippen molar-refractivity contribution in [3.05, 3.63) is 22.5 Å². The highest BCUT2D eigenvalue weighted by Gasteiger charge is 2.20. The van der Waals surface area contributed by atoms with Gasteiger partial charge in [-0.3, -0.25) is 4.40 Å². The summed E-state index contributed by atoms with van der Waals surface area (Å²) in [5.74, 6) is 0. The van der Waals surface area contributed by atoms with E-state index in [0.29, 0.717) is 6.04 Å². The molecule has 1 unspecified atom stereocenters. The second-order valence-corrected chi connectivity index (χ2v) is 6.10. The zero-order chi connectivity index (χ0) is 12.7. The molecular weight excluding hydrogens is 244 g/mol. The predicted molar refractivity (Wildman–Crippen MR) is 75.3 cm³/mol. The Kier molecular flexibility index (Phi) is 3.13. The SMILES string of the molecule is Cc1nc2scc(C)n2c1CNC1CCN(C)C1. The number of nitrogens with one attached hydrogen (secondary N) is 1. The molecule has 0 radical (unpaired) electrons. The van der Waals surface area contributed by atoms with Crippen LogP contribution in [0.25, 0.3) is 4.96 Å². The number of imidazole rings is 1. The highest BCUT2D eigenvalue weighted by atomic mass is 32.1. The second kappa shape index (κ2) is 4.64. The number of rotatable bonds is 3. The van der Waals surface area contributed by atoms with E-state index in [-0.39, 0.29) is 0 Å². The summed E-state index contributed by atoms with van der Waals surface area (Å²) in [7, 11) is 2.19. The summed E-state index contributed by atoms with van der Waals surface area (Å²) in [6, 6.07) is 0.624. The first kappa shape index (κ1) is 12.1. The average Bonchev–Trinajstić information content (AvgIpc) is 2.96. The Morgan fingerprint density at radius 3 is 3.06 bits per heavy atom. The third-order valence-electron chi connectivity index (χ3n) is 3.78. The maximum absolute atomic E-state index is 4.63. The normalized spacial score (nSPS) is 21.2. The number of aryl methyl sites for hydroxylation is 2. The average molecular weight is 264 g/mol. The van der Waals surface area contributed by atoms with Crippen molar-refractivity contribution in [1.82, 2.24) is 19.6 Å². The maximum Gasteiger partial charge on any atom is 0.194 e. The Morgan fingerprint density at radius 2 is 2.33 bits per heavy atom. The van der Waals surface area contributed by atoms with Crippen LogP contribution in [0.4, 0.5) is 0 Å². The van der Waals surface area contributed by atoms with Crippen LogP contribution in [0.3, 0.4) is 0 Å². The van der Waals surface area contributed by atoms with Crippen molar-refractivity contribution in [3.8, 4) is 0 Å². The van der Waals surface area contributed by atoms with Crippen molar-refractivity contribution in [2.75, 3.05) is 20.1 Å². The molecule has 0 aromatic carbocycles. The molecule has 0 amide bonds. The van der Waals surface area contributed by atoms with Crippen LogP contribution in [0, 0.1) is 13.8 Å². The molecule has 3 heterocycles. The fourth-order valence-corrected chi connectivity index (χ4v) is 3.65. The quantitative estimate of drug-likeness (QED) is 0.917. The highest BCUT2D eigenvalue weighted by molar-refractivity contribution is 7.15. The molecule has 1 saturated heterocycles. The van der Waals surface area contributed by atoms with Gasteiger partial charge in [0.05, 0.1) is 11.4 Å². The van der Waals surface area contributed by atoms with E-state index in [9.17, 15) is 0 Å². The Bertz CT molecular complexity index is 557. The maximum atomic E-state index is 4.63. The standard InChI is InChI=1S/C13H20N4S/c1-9-8-18-13-15-10(2)12(17(9)13)6-14-11-4-5-16(3)7-11/h8,11,14H,4-7H2,1-3H3. The van der Waals surface area contributed by atoms with Crippen molar-refractivity contribution in [2.24, 2.45) is 0 Å². The summed E-state index contributed by atoms with van der Waals surface area (Å²) in [6.07, 6.45) is 1.25. The molecule has 2 aromatic rings. The van der Waals surface area contributed by atoms with E-state index in [4.69, 9.17) is 0 Å². The predicted octanol–water partition coefficient (Wildman–Crippen LogP) is 1.81. The van der Waals surface area contributed by atoms with Crippen LogP contribution in [-0.2, 0) is 6.54 Å². The van der Waals surface area contributed by atoms with Crippen LogP contribution in [0.2, 0.25) is 0 Å². The van der Waals surface area contributed by atoms with Gasteiger partial charge in [0.25, 0.3) is 0 Å². The molecule has 18 heavy (non-hydrogen) atoms. The number of nitrogens with zero attached hydrogens (tertiary/aromatic N) is 3. The monoisotopic (exact) mass is 264 g/mol. The minimum Gasteiger partial charge on any atom is -0.307 e. The van der Waals surface area contributed by atoms with Crippen molar-refractivity contribution in [2.45, 2.75) is 32.9 Å². The lowest BCUT2D eigenvalue weighted by molar-refractivity contribution is 0.397. The molecule has 5 heteroatoms. The van der Waals surface area contributed by atoms with Gasteiger partial charge in [-0.25, -0.2) is 4.98 Å². The smallest absolute Gasteiger partial charge is 0.194 e. The van der Waals surface area contributed by atoms with Crippen LogP contribution in [-0.4, -0.2) is 40.5 Å². The van der Waals surface area contributed by atoms with Gasteiger partial charge >= 0.3 is 0 Å². The summed E-state index contributed by atoms with van der Waals surface area (Å²) in [5, 5.41) is 5.84. The number of aromatic nitrogens is 2. The van der Waals surface area contributed by atoms with Crippen LogP contribution < -0.4 is 5.32 Å². The summed E-state index contributed by atoms with van der Waals surface area (Å²) in [6.45, 7) is 7.54. The fourth-order valence-electron chi connectivity index (χ4n) is 2.72. The number of hydrogen-bond acceptors (Lipinski definition) is 4. The van der Waals surface area contributed by atoms with E-state index in [1.807, 2.05) is 0 Å². The number of thiazole rings is 1. The molecule has 1 aliphatic heterocycles. The molecule has 1 fully saturated rings. The molecule has 1 N–H and O–H groups in total. The van der Waals surface area contributed by atoms with Crippen molar-refractivity contribution in [1.29, 1.82) is 0 Å². The summed E-state index contributed by atoms with van der Waals surface area (Å²) in [4.78, 5) is 8.12. The van der Waals surface area contributed by atoms with Gasteiger partial charge < -0.3 is 10.2 Å². The van der Waals surface area contributed by atoms with E-state index >= 15 is 0 Å². The summed E-state index contributed by atoms with van der Waals surface area (Å²) < 4.78 is 2.28. The van der Waals surface area contributed by atoms with Crippen molar-refractivity contribution in [3.63, 3.8) is 0 Å². The highest BCUT2D eigenvalue weighted by Crippen LogP contribution is 2.20. The molecule has 1 atom stereocenters. The van der Waals surface area contributed by atoms with Crippen LogP contribution in [0.1, 0.15) is 23.5 Å². The Morgan fingerprint density at radius 1 is 1.50 bits per heavy atom. The zero-order valence-corrected chi connectivity index (χ0v) is 12.0. The molecule has 98 valence electrons. The van der Waals surface area contributed by atoms with E-state index in [1.54, 1.807) is 11.3 Å². The summed E-state index contributed by atoms with van der Waals surface area (Å²) >= 11 is 1.72. The lowest BCUT2D eigenvalue weighted by Crippen LogP contribution is -2.31. The minimum atomic E-state index is 0.624. The molecular formula is C13H20N4S. The van der Waals surface area contributed by atoms with Crippen LogP contribution in [0.15, 0.2) is 5.38 Å². The number of likely N-dealkylation sites (N-methyl/N-ethyl adjacent to an activating group) is 1. The molecule has 0 aliphatic carbocycles. The van der Waals surface area contributed by atoms with Crippen molar-refractivity contribution < 1.29 is 0 Å². The van der Waals surface area contributed by atoms with E-state index in [1.165, 1.54) is 24.4 Å². The second-order valence-electron chi connectivity index (χ2n) is 5.27.